The first-order valence-corrected chi connectivity index (χ1v) is 8.75. The highest BCUT2D eigenvalue weighted by Gasteiger charge is 2.42. The molecule has 0 unspecified atom stereocenters. The monoisotopic (exact) mass is 421 g/mol. The van der Waals surface area contributed by atoms with Crippen LogP contribution < -0.4 is 5.32 Å². The first-order valence-electron chi connectivity index (χ1n) is 8.75. The van der Waals surface area contributed by atoms with Crippen LogP contribution in [0.3, 0.4) is 0 Å². The molecular formula is C18H19N3O9. The Labute approximate surface area is 170 Å². The fourth-order valence-corrected chi connectivity index (χ4v) is 3.26. The minimum atomic E-state index is -1.30. The van der Waals surface area contributed by atoms with E-state index in [1.807, 2.05) is 0 Å². The van der Waals surface area contributed by atoms with Crippen LogP contribution in [0.1, 0.15) is 23.2 Å². The number of nitrogens with one attached hydrogen (secondary N) is 1. The third-order valence-corrected chi connectivity index (χ3v) is 4.72. The van der Waals surface area contributed by atoms with Gasteiger partial charge in [-0.1, -0.05) is 12.2 Å². The number of allylic oxidation sites excluding steroid dienone is 1. The van der Waals surface area contributed by atoms with E-state index < -0.39 is 56.9 Å². The van der Waals surface area contributed by atoms with E-state index in [1.165, 1.54) is 0 Å². The van der Waals surface area contributed by atoms with Crippen LogP contribution in [0.25, 0.3) is 0 Å². The van der Waals surface area contributed by atoms with E-state index in [0.717, 1.165) is 32.4 Å². The van der Waals surface area contributed by atoms with Crippen LogP contribution >= 0.6 is 0 Å². The maximum absolute atomic E-state index is 12.7. The minimum Gasteiger partial charge on any atom is -0.468 e. The van der Waals surface area contributed by atoms with Crippen LogP contribution in [0, 0.1) is 32.1 Å². The van der Waals surface area contributed by atoms with E-state index in [4.69, 9.17) is 0 Å². The van der Waals surface area contributed by atoms with Crippen molar-refractivity contribution in [3.63, 3.8) is 0 Å². The van der Waals surface area contributed by atoms with Crippen molar-refractivity contribution in [3.05, 3.63) is 56.1 Å². The number of hydrogen-bond acceptors (Lipinski definition) is 9. The van der Waals surface area contributed by atoms with Gasteiger partial charge < -0.3 is 14.8 Å². The van der Waals surface area contributed by atoms with Gasteiger partial charge in [-0.15, -0.1) is 0 Å². The van der Waals surface area contributed by atoms with Gasteiger partial charge in [-0.05, 0) is 12.8 Å². The second-order valence-corrected chi connectivity index (χ2v) is 6.46. The van der Waals surface area contributed by atoms with E-state index in [2.05, 4.69) is 14.8 Å². The van der Waals surface area contributed by atoms with Gasteiger partial charge in [0, 0.05) is 24.1 Å². The highest BCUT2D eigenvalue weighted by atomic mass is 16.6. The molecule has 0 spiro atoms. The van der Waals surface area contributed by atoms with Crippen LogP contribution in [-0.2, 0) is 19.1 Å². The molecule has 30 heavy (non-hydrogen) atoms. The molecule has 0 bridgehead atoms. The standard InChI is InChI=1S/C18H19N3O9/c1-29-17(23)15(18(24)30-2)13-5-3-4-6-14(13)19-16(22)10-7-11(20(25)26)9-12(8-10)21(27)28/h3-4,7-9,13-15H,5-6H2,1-2H3,(H,19,22)/t13-,14-/m1/s1. The van der Waals surface area contributed by atoms with Gasteiger partial charge in [0.05, 0.1) is 35.7 Å². The summed E-state index contributed by atoms with van der Waals surface area (Å²) < 4.78 is 9.37. The van der Waals surface area contributed by atoms with E-state index in [-0.39, 0.29) is 18.4 Å². The Morgan fingerprint density at radius 3 is 1.93 bits per heavy atom. The van der Waals surface area contributed by atoms with Gasteiger partial charge >= 0.3 is 11.9 Å². The van der Waals surface area contributed by atoms with Gasteiger partial charge in [-0.3, -0.25) is 34.6 Å². The topological polar surface area (TPSA) is 168 Å². The Bertz CT molecular complexity index is 864. The maximum atomic E-state index is 12.7. The Morgan fingerprint density at radius 1 is 0.967 bits per heavy atom. The van der Waals surface area contributed by atoms with Gasteiger partial charge in [0.25, 0.3) is 17.3 Å². The number of amides is 1. The van der Waals surface area contributed by atoms with Gasteiger partial charge in [0.2, 0.25) is 0 Å². The Kier molecular flexibility index (Phi) is 7.17. The molecular weight excluding hydrogens is 402 g/mol. The average Bonchev–Trinajstić information content (AvgIpc) is 2.74. The molecule has 2 atom stereocenters. The van der Waals surface area contributed by atoms with Crippen molar-refractivity contribution < 1.29 is 33.7 Å². The predicted molar refractivity (Wildman–Crippen MR) is 100 cm³/mol. The van der Waals surface area contributed by atoms with E-state index in [9.17, 15) is 34.6 Å². The van der Waals surface area contributed by atoms with Crippen molar-refractivity contribution in [3.8, 4) is 0 Å². The third-order valence-electron chi connectivity index (χ3n) is 4.72. The molecule has 1 aromatic rings. The van der Waals surface area contributed by atoms with Crippen molar-refractivity contribution in [2.24, 2.45) is 11.8 Å². The summed E-state index contributed by atoms with van der Waals surface area (Å²) in [6.45, 7) is 0. The molecule has 0 heterocycles. The zero-order chi connectivity index (χ0) is 22.4. The largest absolute Gasteiger partial charge is 0.468 e. The Morgan fingerprint density at radius 2 is 1.47 bits per heavy atom. The van der Waals surface area contributed by atoms with Gasteiger partial charge in [-0.2, -0.15) is 0 Å². The molecule has 0 radical (unpaired) electrons. The molecule has 0 saturated heterocycles. The number of benzene rings is 1. The Hall–Kier alpha value is -3.83. The summed E-state index contributed by atoms with van der Waals surface area (Å²) in [5, 5.41) is 24.7. The SMILES string of the molecule is COC(=O)C(C(=O)OC)[C@@H]1CC=CC[C@H]1NC(=O)c1cc([N+](=O)[O-])cc([N+](=O)[O-])c1. The van der Waals surface area contributed by atoms with Crippen molar-refractivity contribution >= 4 is 29.2 Å². The molecule has 1 aliphatic rings. The number of nitro benzene ring substituents is 2. The number of carbonyl (C=O) groups excluding carboxylic acids is 3. The molecule has 12 heteroatoms. The van der Waals surface area contributed by atoms with Crippen molar-refractivity contribution in [1.82, 2.24) is 5.32 Å². The zero-order valence-corrected chi connectivity index (χ0v) is 16.1. The summed E-state index contributed by atoms with van der Waals surface area (Å²) in [6, 6.07) is 1.85. The van der Waals surface area contributed by atoms with Crippen LogP contribution in [0.15, 0.2) is 30.4 Å². The smallest absolute Gasteiger partial charge is 0.320 e. The lowest BCUT2D eigenvalue weighted by atomic mass is 9.79. The second-order valence-electron chi connectivity index (χ2n) is 6.46. The number of esters is 2. The second kappa shape index (κ2) is 9.58. The number of methoxy groups -OCH3 is 2. The summed E-state index contributed by atoms with van der Waals surface area (Å²) in [5.74, 6) is -4.47. The lowest BCUT2D eigenvalue weighted by molar-refractivity contribution is -0.394. The zero-order valence-electron chi connectivity index (χ0n) is 16.1. The summed E-state index contributed by atoms with van der Waals surface area (Å²) >= 11 is 0. The van der Waals surface area contributed by atoms with Crippen molar-refractivity contribution in [2.75, 3.05) is 14.2 Å². The molecule has 1 amide bonds. The number of rotatable bonds is 7. The summed E-state index contributed by atoms with van der Waals surface area (Å²) in [7, 11) is 2.24. The van der Waals surface area contributed by atoms with E-state index >= 15 is 0 Å². The molecule has 2 rings (SSSR count). The van der Waals surface area contributed by atoms with Crippen molar-refractivity contribution in [1.29, 1.82) is 0 Å². The number of nitro groups is 2. The highest BCUT2D eigenvalue weighted by Crippen LogP contribution is 2.30. The van der Waals surface area contributed by atoms with E-state index in [1.54, 1.807) is 12.2 Å². The lowest BCUT2D eigenvalue weighted by Gasteiger charge is -2.32. The van der Waals surface area contributed by atoms with Crippen molar-refractivity contribution in [2.45, 2.75) is 18.9 Å². The molecule has 1 aromatic carbocycles. The molecule has 0 aliphatic heterocycles. The summed E-state index contributed by atoms with van der Waals surface area (Å²) in [6.07, 6.45) is 4.00. The first-order chi connectivity index (χ1) is 14.2. The molecule has 1 N–H and O–H groups in total. The predicted octanol–water partition coefficient (Wildman–Crippen LogP) is 1.53. The van der Waals surface area contributed by atoms with Gasteiger partial charge in [0.15, 0.2) is 5.92 Å². The summed E-state index contributed by atoms with van der Waals surface area (Å²) in [5.41, 5.74) is -1.52. The Balaban J connectivity index is 2.35. The lowest BCUT2D eigenvalue weighted by Crippen LogP contribution is -2.48. The van der Waals surface area contributed by atoms with Crippen LogP contribution in [0.2, 0.25) is 0 Å². The summed E-state index contributed by atoms with van der Waals surface area (Å²) in [4.78, 5) is 57.4. The van der Waals surface area contributed by atoms with Crippen LogP contribution in [0.4, 0.5) is 11.4 Å². The third kappa shape index (κ3) is 4.96. The highest BCUT2D eigenvalue weighted by molar-refractivity contribution is 5.97. The number of ether oxygens (including phenoxy) is 2. The number of nitrogens with zero attached hydrogens (tertiary/aromatic N) is 2. The minimum absolute atomic E-state index is 0.259. The molecule has 1 aliphatic carbocycles. The fourth-order valence-electron chi connectivity index (χ4n) is 3.26. The number of hydrogen-bond donors (Lipinski definition) is 1. The number of carbonyl (C=O) groups is 3. The van der Waals surface area contributed by atoms with Crippen LogP contribution in [-0.4, -0.2) is 48.0 Å². The normalized spacial score (nSPS) is 17.8. The quantitative estimate of drug-likeness (QED) is 0.225. The molecule has 12 nitrogen and oxygen atoms in total. The first kappa shape index (κ1) is 22.5. The molecule has 160 valence electrons. The van der Waals surface area contributed by atoms with Gasteiger partial charge in [0.1, 0.15) is 0 Å². The van der Waals surface area contributed by atoms with Crippen LogP contribution in [0.5, 0.6) is 0 Å². The molecule has 0 fully saturated rings. The maximum Gasteiger partial charge on any atom is 0.320 e. The van der Waals surface area contributed by atoms with Gasteiger partial charge in [-0.25, -0.2) is 0 Å². The molecule has 0 saturated carbocycles. The number of non-ortho nitro benzene ring substituents is 2. The fraction of sp³-hybridized carbons (Fsp3) is 0.389. The van der Waals surface area contributed by atoms with E-state index in [0.29, 0.717) is 0 Å². The average molecular weight is 421 g/mol. The molecule has 0 aromatic heterocycles.